The number of alkyl carbamates (subject to hydrolysis) is 1. The maximum atomic E-state index is 11.9. The molecule has 110 valence electrons. The number of anilines is 1. The Morgan fingerprint density at radius 2 is 1.75 bits per heavy atom. The third-order valence-corrected chi connectivity index (χ3v) is 2.96. The molecular formula is C14H19IN2O3. The number of hydrogen-bond acceptors (Lipinski definition) is 3. The predicted molar refractivity (Wildman–Crippen MR) is 86.6 cm³/mol. The molecule has 0 fully saturated rings. The van der Waals surface area contributed by atoms with Crippen LogP contribution in [0.1, 0.15) is 27.7 Å². The lowest BCUT2D eigenvalue weighted by molar-refractivity contribution is -0.117. The Morgan fingerprint density at radius 3 is 2.25 bits per heavy atom. The van der Waals surface area contributed by atoms with Gasteiger partial charge in [0, 0.05) is 9.26 Å². The van der Waals surface area contributed by atoms with Gasteiger partial charge in [-0.25, -0.2) is 4.79 Å². The molecule has 1 atom stereocenters. The molecule has 6 heteroatoms. The third-order valence-electron chi connectivity index (χ3n) is 2.24. The third kappa shape index (κ3) is 6.23. The van der Waals surface area contributed by atoms with Crippen LogP contribution in [-0.4, -0.2) is 23.6 Å². The van der Waals surface area contributed by atoms with Crippen LogP contribution >= 0.6 is 22.6 Å². The van der Waals surface area contributed by atoms with E-state index in [1.807, 2.05) is 12.1 Å². The van der Waals surface area contributed by atoms with E-state index in [4.69, 9.17) is 4.74 Å². The summed E-state index contributed by atoms with van der Waals surface area (Å²) in [5, 5.41) is 5.22. The molecule has 0 unspecified atom stereocenters. The number of nitrogens with one attached hydrogen (secondary N) is 2. The van der Waals surface area contributed by atoms with E-state index >= 15 is 0 Å². The molecule has 2 N–H and O–H groups in total. The van der Waals surface area contributed by atoms with Gasteiger partial charge in [-0.3, -0.25) is 4.79 Å². The van der Waals surface area contributed by atoms with Crippen LogP contribution in [0.2, 0.25) is 0 Å². The van der Waals surface area contributed by atoms with E-state index in [1.54, 1.807) is 39.8 Å². The van der Waals surface area contributed by atoms with Crippen molar-refractivity contribution in [3.63, 3.8) is 0 Å². The highest BCUT2D eigenvalue weighted by atomic mass is 127. The van der Waals surface area contributed by atoms with Gasteiger partial charge in [0.1, 0.15) is 11.6 Å². The van der Waals surface area contributed by atoms with Crippen LogP contribution in [0, 0.1) is 3.57 Å². The van der Waals surface area contributed by atoms with Gasteiger partial charge in [-0.1, -0.05) is 0 Å². The second-order valence-electron chi connectivity index (χ2n) is 5.36. The number of carbonyl (C=O) groups excluding carboxylic acids is 2. The molecule has 0 heterocycles. The van der Waals surface area contributed by atoms with Gasteiger partial charge in [-0.2, -0.15) is 0 Å². The average Bonchev–Trinajstić information content (AvgIpc) is 2.29. The van der Waals surface area contributed by atoms with Crippen LogP contribution in [0.15, 0.2) is 24.3 Å². The number of carbonyl (C=O) groups is 2. The van der Waals surface area contributed by atoms with E-state index in [1.165, 1.54) is 0 Å². The van der Waals surface area contributed by atoms with Crippen LogP contribution < -0.4 is 10.6 Å². The number of benzene rings is 1. The lowest BCUT2D eigenvalue weighted by Crippen LogP contribution is -2.43. The number of amides is 2. The Hall–Kier alpha value is -1.31. The van der Waals surface area contributed by atoms with Gasteiger partial charge in [-0.15, -0.1) is 0 Å². The molecule has 0 bridgehead atoms. The molecule has 0 saturated heterocycles. The summed E-state index contributed by atoms with van der Waals surface area (Å²) < 4.78 is 6.18. The molecule has 0 aromatic heterocycles. The van der Waals surface area contributed by atoms with Crippen LogP contribution in [0.3, 0.4) is 0 Å². The normalized spacial score (nSPS) is 12.4. The first kappa shape index (κ1) is 16.7. The minimum atomic E-state index is -0.677. The minimum Gasteiger partial charge on any atom is -0.444 e. The Balaban J connectivity index is 2.51. The summed E-state index contributed by atoms with van der Waals surface area (Å²) in [5.74, 6) is -0.294. The summed E-state index contributed by atoms with van der Waals surface area (Å²) in [4.78, 5) is 23.5. The number of halogens is 1. The molecule has 0 aliphatic carbocycles. The monoisotopic (exact) mass is 390 g/mol. The van der Waals surface area contributed by atoms with Gasteiger partial charge in [0.05, 0.1) is 0 Å². The van der Waals surface area contributed by atoms with Gasteiger partial charge in [0.2, 0.25) is 5.91 Å². The van der Waals surface area contributed by atoms with Crippen LogP contribution in [0.5, 0.6) is 0 Å². The van der Waals surface area contributed by atoms with E-state index in [2.05, 4.69) is 33.2 Å². The summed E-state index contributed by atoms with van der Waals surface area (Å²) >= 11 is 2.19. The number of rotatable bonds is 3. The molecule has 2 amide bonds. The van der Waals surface area contributed by atoms with Crippen molar-refractivity contribution in [3.05, 3.63) is 27.8 Å². The van der Waals surface area contributed by atoms with Crippen molar-refractivity contribution in [2.45, 2.75) is 39.3 Å². The topological polar surface area (TPSA) is 67.4 Å². The number of ether oxygens (including phenoxy) is 1. The highest BCUT2D eigenvalue weighted by Gasteiger charge is 2.20. The van der Waals surface area contributed by atoms with Crippen molar-refractivity contribution >= 4 is 40.3 Å². The zero-order chi connectivity index (χ0) is 15.3. The molecule has 0 aliphatic rings. The summed E-state index contributed by atoms with van der Waals surface area (Å²) in [6.07, 6.45) is -0.609. The fourth-order valence-electron chi connectivity index (χ4n) is 1.33. The zero-order valence-electron chi connectivity index (χ0n) is 12.0. The van der Waals surface area contributed by atoms with E-state index in [0.29, 0.717) is 5.69 Å². The van der Waals surface area contributed by atoms with Gasteiger partial charge in [0.25, 0.3) is 0 Å². The summed E-state index contributed by atoms with van der Waals surface area (Å²) in [5.41, 5.74) is 0.101. The van der Waals surface area contributed by atoms with Gasteiger partial charge in [-0.05, 0) is 74.6 Å². The van der Waals surface area contributed by atoms with E-state index < -0.39 is 17.7 Å². The molecule has 1 rings (SSSR count). The van der Waals surface area contributed by atoms with Gasteiger partial charge < -0.3 is 15.4 Å². The lowest BCUT2D eigenvalue weighted by atomic mass is 10.2. The minimum absolute atomic E-state index is 0.294. The first-order chi connectivity index (χ1) is 9.17. The quantitative estimate of drug-likeness (QED) is 0.780. The Morgan fingerprint density at radius 1 is 1.20 bits per heavy atom. The van der Waals surface area contributed by atoms with Crippen molar-refractivity contribution in [2.24, 2.45) is 0 Å². The molecule has 0 spiro atoms. The van der Waals surface area contributed by atoms with Crippen LogP contribution in [-0.2, 0) is 9.53 Å². The van der Waals surface area contributed by atoms with Crippen molar-refractivity contribution < 1.29 is 14.3 Å². The van der Waals surface area contributed by atoms with Crippen molar-refractivity contribution in [3.8, 4) is 0 Å². The first-order valence-corrected chi connectivity index (χ1v) is 7.31. The van der Waals surface area contributed by atoms with Crippen molar-refractivity contribution in [2.75, 3.05) is 5.32 Å². The number of hydrogen-bond donors (Lipinski definition) is 2. The molecule has 0 saturated carbocycles. The summed E-state index contributed by atoms with van der Waals surface area (Å²) in [7, 11) is 0. The van der Waals surface area contributed by atoms with Crippen LogP contribution in [0.4, 0.5) is 10.5 Å². The van der Waals surface area contributed by atoms with Crippen molar-refractivity contribution in [1.82, 2.24) is 5.32 Å². The van der Waals surface area contributed by atoms with Crippen LogP contribution in [0.25, 0.3) is 0 Å². The standard InChI is InChI=1S/C14H19IN2O3/c1-9(16-13(19)20-14(2,3)4)12(18)17-11-7-5-10(15)6-8-11/h5-9H,1-4H3,(H,16,19)(H,17,18)/t9-/m1/s1. The summed E-state index contributed by atoms with van der Waals surface area (Å²) in [6.45, 7) is 6.90. The summed E-state index contributed by atoms with van der Waals surface area (Å²) in [6, 6.07) is 6.72. The zero-order valence-corrected chi connectivity index (χ0v) is 14.1. The fourth-order valence-corrected chi connectivity index (χ4v) is 1.69. The Kier molecular flexibility index (Phi) is 5.79. The average molecular weight is 390 g/mol. The highest BCUT2D eigenvalue weighted by Crippen LogP contribution is 2.11. The fraction of sp³-hybridized carbons (Fsp3) is 0.429. The first-order valence-electron chi connectivity index (χ1n) is 6.23. The van der Waals surface area contributed by atoms with Crippen molar-refractivity contribution in [1.29, 1.82) is 0 Å². The molecule has 0 aliphatic heterocycles. The smallest absolute Gasteiger partial charge is 0.408 e. The molecule has 20 heavy (non-hydrogen) atoms. The van der Waals surface area contributed by atoms with E-state index in [9.17, 15) is 9.59 Å². The molecule has 1 aromatic carbocycles. The Labute approximate surface area is 132 Å². The maximum absolute atomic E-state index is 11.9. The predicted octanol–water partition coefficient (Wildman–Crippen LogP) is 3.14. The largest absolute Gasteiger partial charge is 0.444 e. The lowest BCUT2D eigenvalue weighted by Gasteiger charge is -2.21. The van der Waals surface area contributed by atoms with E-state index in [0.717, 1.165) is 3.57 Å². The molecule has 0 radical (unpaired) electrons. The highest BCUT2D eigenvalue weighted by molar-refractivity contribution is 14.1. The second-order valence-corrected chi connectivity index (χ2v) is 6.61. The van der Waals surface area contributed by atoms with Gasteiger partial charge in [0.15, 0.2) is 0 Å². The molecule has 5 nitrogen and oxygen atoms in total. The molecular weight excluding hydrogens is 371 g/mol. The maximum Gasteiger partial charge on any atom is 0.408 e. The van der Waals surface area contributed by atoms with Gasteiger partial charge >= 0.3 is 6.09 Å². The second kappa shape index (κ2) is 6.92. The van der Waals surface area contributed by atoms with E-state index in [-0.39, 0.29) is 5.91 Å². The Bertz CT molecular complexity index is 480. The SMILES string of the molecule is C[C@@H](NC(=O)OC(C)(C)C)C(=O)Nc1ccc(I)cc1. The molecule has 1 aromatic rings.